The third-order valence-corrected chi connectivity index (χ3v) is 3.05. The van der Waals surface area contributed by atoms with Crippen molar-refractivity contribution in [2.45, 2.75) is 6.92 Å². The fourth-order valence-electron chi connectivity index (χ4n) is 2.04. The molecule has 3 nitrogen and oxygen atoms in total. The standard InChI is InChI=1S/C15H12N2O/c1-10-2-5-12(6-3-10)15-13-8-11(9-18)4-7-14(13)16-17-15/h2-9H,1H3,(H,16,17). The van der Waals surface area contributed by atoms with E-state index in [0.717, 1.165) is 28.4 Å². The second-order valence-corrected chi connectivity index (χ2v) is 4.36. The monoisotopic (exact) mass is 236 g/mol. The van der Waals surface area contributed by atoms with Gasteiger partial charge in [-0.25, -0.2) is 0 Å². The number of aldehydes is 1. The van der Waals surface area contributed by atoms with Crippen molar-refractivity contribution < 1.29 is 4.79 Å². The molecule has 0 amide bonds. The minimum Gasteiger partial charge on any atom is -0.298 e. The van der Waals surface area contributed by atoms with E-state index in [9.17, 15) is 4.79 Å². The van der Waals surface area contributed by atoms with Crippen LogP contribution in [0.4, 0.5) is 0 Å². The van der Waals surface area contributed by atoms with Crippen LogP contribution in [0.2, 0.25) is 0 Å². The number of H-pyrrole nitrogens is 1. The maximum atomic E-state index is 10.8. The summed E-state index contributed by atoms with van der Waals surface area (Å²) >= 11 is 0. The lowest BCUT2D eigenvalue weighted by Crippen LogP contribution is -1.81. The maximum Gasteiger partial charge on any atom is 0.150 e. The fourth-order valence-corrected chi connectivity index (χ4v) is 2.04. The van der Waals surface area contributed by atoms with E-state index in [1.165, 1.54) is 5.56 Å². The highest BCUT2D eigenvalue weighted by atomic mass is 16.1. The summed E-state index contributed by atoms with van der Waals surface area (Å²) in [5.41, 5.74) is 4.75. The molecular formula is C15H12N2O. The molecule has 0 saturated heterocycles. The van der Waals surface area contributed by atoms with Crippen LogP contribution in [-0.2, 0) is 0 Å². The van der Waals surface area contributed by atoms with Crippen molar-refractivity contribution in [3.8, 4) is 11.3 Å². The Hall–Kier alpha value is -2.42. The van der Waals surface area contributed by atoms with Crippen LogP contribution in [0, 0.1) is 6.92 Å². The van der Waals surface area contributed by atoms with E-state index in [1.807, 2.05) is 24.3 Å². The lowest BCUT2D eigenvalue weighted by atomic mass is 10.0. The number of nitrogens with zero attached hydrogens (tertiary/aromatic N) is 1. The summed E-state index contributed by atoms with van der Waals surface area (Å²) in [7, 11) is 0. The molecule has 0 saturated carbocycles. The first-order valence-electron chi connectivity index (χ1n) is 5.78. The minimum atomic E-state index is 0.664. The Morgan fingerprint density at radius 2 is 1.89 bits per heavy atom. The lowest BCUT2D eigenvalue weighted by Gasteiger charge is -1.99. The molecule has 0 bridgehead atoms. The molecule has 0 unspecified atom stereocenters. The van der Waals surface area contributed by atoms with Crippen LogP contribution in [-0.4, -0.2) is 16.5 Å². The van der Waals surface area contributed by atoms with Crippen LogP contribution < -0.4 is 0 Å². The van der Waals surface area contributed by atoms with Gasteiger partial charge >= 0.3 is 0 Å². The quantitative estimate of drug-likeness (QED) is 0.693. The van der Waals surface area contributed by atoms with Crippen molar-refractivity contribution >= 4 is 17.2 Å². The van der Waals surface area contributed by atoms with E-state index in [1.54, 1.807) is 6.07 Å². The molecule has 3 heteroatoms. The average Bonchev–Trinajstić information content (AvgIpc) is 2.82. The molecule has 1 aromatic heterocycles. The van der Waals surface area contributed by atoms with Crippen LogP contribution in [0.15, 0.2) is 42.5 Å². The largest absolute Gasteiger partial charge is 0.298 e. The highest BCUT2D eigenvalue weighted by molar-refractivity contribution is 5.96. The molecule has 88 valence electrons. The maximum absolute atomic E-state index is 10.8. The van der Waals surface area contributed by atoms with Crippen LogP contribution in [0.3, 0.4) is 0 Å². The third-order valence-electron chi connectivity index (χ3n) is 3.05. The summed E-state index contributed by atoms with van der Waals surface area (Å²) in [6, 6.07) is 13.7. The van der Waals surface area contributed by atoms with Crippen LogP contribution in [0.5, 0.6) is 0 Å². The van der Waals surface area contributed by atoms with Crippen LogP contribution in [0.1, 0.15) is 15.9 Å². The number of aryl methyl sites for hydroxylation is 1. The highest BCUT2D eigenvalue weighted by Crippen LogP contribution is 2.26. The van der Waals surface area contributed by atoms with Gasteiger partial charge in [0.05, 0.1) is 11.2 Å². The second-order valence-electron chi connectivity index (χ2n) is 4.36. The molecular weight excluding hydrogens is 224 g/mol. The normalized spacial score (nSPS) is 10.7. The van der Waals surface area contributed by atoms with Gasteiger partial charge in [0.25, 0.3) is 0 Å². The van der Waals surface area contributed by atoms with Gasteiger partial charge in [0.2, 0.25) is 0 Å². The van der Waals surface area contributed by atoms with Gasteiger partial charge in [0.1, 0.15) is 6.29 Å². The Bertz CT molecular complexity index is 711. The van der Waals surface area contributed by atoms with Gasteiger partial charge in [-0.2, -0.15) is 5.10 Å². The van der Waals surface area contributed by atoms with Gasteiger partial charge in [-0.15, -0.1) is 0 Å². The number of hydrogen-bond donors (Lipinski definition) is 1. The molecule has 0 aliphatic rings. The first-order valence-corrected chi connectivity index (χ1v) is 5.78. The van der Waals surface area contributed by atoms with Crippen molar-refractivity contribution in [3.05, 3.63) is 53.6 Å². The molecule has 0 fully saturated rings. The zero-order chi connectivity index (χ0) is 12.5. The summed E-state index contributed by atoms with van der Waals surface area (Å²) in [6.45, 7) is 2.05. The molecule has 2 aromatic carbocycles. The first-order chi connectivity index (χ1) is 8.78. The fraction of sp³-hybridized carbons (Fsp3) is 0.0667. The van der Waals surface area contributed by atoms with E-state index < -0.39 is 0 Å². The molecule has 0 spiro atoms. The van der Waals surface area contributed by atoms with E-state index in [0.29, 0.717) is 5.56 Å². The number of nitrogens with one attached hydrogen (secondary N) is 1. The van der Waals surface area contributed by atoms with Crippen molar-refractivity contribution in [1.29, 1.82) is 0 Å². The highest BCUT2D eigenvalue weighted by Gasteiger charge is 2.08. The Morgan fingerprint density at radius 3 is 2.61 bits per heavy atom. The SMILES string of the molecule is Cc1ccc(-c2n[nH]c3ccc(C=O)cc23)cc1. The predicted octanol–water partition coefficient (Wildman–Crippen LogP) is 3.35. The van der Waals surface area contributed by atoms with Crippen LogP contribution >= 0.6 is 0 Å². The summed E-state index contributed by atoms with van der Waals surface area (Å²) in [4.78, 5) is 10.8. The Balaban J connectivity index is 2.22. The van der Waals surface area contributed by atoms with E-state index in [2.05, 4.69) is 29.3 Å². The van der Waals surface area contributed by atoms with Crippen molar-refractivity contribution in [2.75, 3.05) is 0 Å². The van der Waals surface area contributed by atoms with Crippen molar-refractivity contribution in [2.24, 2.45) is 0 Å². The predicted molar refractivity (Wildman–Crippen MR) is 71.7 cm³/mol. The zero-order valence-electron chi connectivity index (χ0n) is 9.97. The third kappa shape index (κ3) is 1.70. The number of carbonyl (C=O) groups excluding carboxylic acids is 1. The number of aromatic amines is 1. The summed E-state index contributed by atoms with van der Waals surface area (Å²) in [6.07, 6.45) is 0.853. The number of rotatable bonds is 2. The van der Waals surface area contributed by atoms with E-state index in [-0.39, 0.29) is 0 Å². The summed E-state index contributed by atoms with van der Waals surface area (Å²) in [5, 5.41) is 8.29. The van der Waals surface area contributed by atoms with Gasteiger partial charge in [-0.1, -0.05) is 29.8 Å². The second kappa shape index (κ2) is 4.11. The van der Waals surface area contributed by atoms with Gasteiger partial charge < -0.3 is 0 Å². The van der Waals surface area contributed by atoms with Crippen molar-refractivity contribution in [1.82, 2.24) is 10.2 Å². The molecule has 1 heterocycles. The average molecular weight is 236 g/mol. The number of carbonyl (C=O) groups is 1. The molecule has 3 aromatic rings. The molecule has 0 radical (unpaired) electrons. The van der Waals surface area contributed by atoms with Gasteiger partial charge in [0, 0.05) is 16.5 Å². The number of fused-ring (bicyclic) bond motifs is 1. The zero-order valence-corrected chi connectivity index (χ0v) is 9.97. The van der Waals surface area contributed by atoms with E-state index in [4.69, 9.17) is 0 Å². The number of hydrogen-bond acceptors (Lipinski definition) is 2. The van der Waals surface area contributed by atoms with E-state index >= 15 is 0 Å². The number of aromatic nitrogens is 2. The van der Waals surface area contributed by atoms with Gasteiger partial charge in [-0.3, -0.25) is 9.89 Å². The Morgan fingerprint density at radius 1 is 1.11 bits per heavy atom. The van der Waals surface area contributed by atoms with Crippen molar-refractivity contribution in [3.63, 3.8) is 0 Å². The molecule has 0 atom stereocenters. The molecule has 0 aliphatic carbocycles. The molecule has 3 rings (SSSR count). The molecule has 18 heavy (non-hydrogen) atoms. The topological polar surface area (TPSA) is 45.8 Å². The minimum absolute atomic E-state index is 0.664. The lowest BCUT2D eigenvalue weighted by molar-refractivity contribution is 0.112. The Labute approximate surface area is 104 Å². The van der Waals surface area contributed by atoms with Crippen LogP contribution in [0.25, 0.3) is 22.2 Å². The summed E-state index contributed by atoms with van der Waals surface area (Å²) in [5.74, 6) is 0. The molecule has 1 N–H and O–H groups in total. The molecule has 0 aliphatic heterocycles. The smallest absolute Gasteiger partial charge is 0.150 e. The number of benzene rings is 2. The van der Waals surface area contributed by atoms with Gasteiger partial charge in [0.15, 0.2) is 0 Å². The first kappa shape index (κ1) is 10.7. The Kier molecular flexibility index (Phi) is 2.45. The van der Waals surface area contributed by atoms with Gasteiger partial charge in [-0.05, 0) is 25.1 Å². The summed E-state index contributed by atoms with van der Waals surface area (Å²) < 4.78 is 0.